The van der Waals surface area contributed by atoms with Crippen molar-refractivity contribution >= 4 is 11.6 Å². The predicted octanol–water partition coefficient (Wildman–Crippen LogP) is 1.63. The molecule has 5 heteroatoms. The van der Waals surface area contributed by atoms with Gasteiger partial charge in [0.15, 0.2) is 11.6 Å². The van der Waals surface area contributed by atoms with E-state index in [9.17, 15) is 9.18 Å². The SMILES string of the molecule is COc1cc(NC(=O)C2CNCC2C)ccc1F. The highest BCUT2D eigenvalue weighted by Gasteiger charge is 2.29. The molecule has 18 heavy (non-hydrogen) atoms. The van der Waals surface area contributed by atoms with Crippen LogP contribution < -0.4 is 15.4 Å². The van der Waals surface area contributed by atoms with E-state index in [0.717, 1.165) is 6.54 Å². The van der Waals surface area contributed by atoms with E-state index >= 15 is 0 Å². The monoisotopic (exact) mass is 252 g/mol. The van der Waals surface area contributed by atoms with E-state index in [-0.39, 0.29) is 17.6 Å². The first-order valence-electron chi connectivity index (χ1n) is 5.97. The molecule has 98 valence electrons. The van der Waals surface area contributed by atoms with Crippen LogP contribution in [-0.4, -0.2) is 26.1 Å². The number of rotatable bonds is 3. The fourth-order valence-corrected chi connectivity index (χ4v) is 2.13. The lowest BCUT2D eigenvalue weighted by Crippen LogP contribution is -2.27. The molecule has 1 aliphatic heterocycles. The summed E-state index contributed by atoms with van der Waals surface area (Å²) in [6.07, 6.45) is 0. The van der Waals surface area contributed by atoms with E-state index in [1.54, 1.807) is 0 Å². The highest BCUT2D eigenvalue weighted by atomic mass is 19.1. The molecule has 0 radical (unpaired) electrons. The molecule has 2 atom stereocenters. The van der Waals surface area contributed by atoms with Gasteiger partial charge in [-0.15, -0.1) is 0 Å². The lowest BCUT2D eigenvalue weighted by atomic mass is 9.97. The average molecular weight is 252 g/mol. The quantitative estimate of drug-likeness (QED) is 0.859. The van der Waals surface area contributed by atoms with Gasteiger partial charge in [0.25, 0.3) is 0 Å². The largest absolute Gasteiger partial charge is 0.494 e. The minimum Gasteiger partial charge on any atom is -0.494 e. The van der Waals surface area contributed by atoms with E-state index in [0.29, 0.717) is 18.2 Å². The molecule has 0 aliphatic carbocycles. The van der Waals surface area contributed by atoms with Gasteiger partial charge in [0, 0.05) is 18.3 Å². The molecule has 2 N–H and O–H groups in total. The van der Waals surface area contributed by atoms with Gasteiger partial charge in [-0.1, -0.05) is 6.92 Å². The number of nitrogens with one attached hydrogen (secondary N) is 2. The van der Waals surface area contributed by atoms with Crippen LogP contribution in [0, 0.1) is 17.7 Å². The average Bonchev–Trinajstić information content (AvgIpc) is 2.78. The van der Waals surface area contributed by atoms with Crippen molar-refractivity contribution in [2.45, 2.75) is 6.92 Å². The fourth-order valence-electron chi connectivity index (χ4n) is 2.13. The number of carbonyl (C=O) groups excluding carboxylic acids is 1. The standard InChI is InChI=1S/C13H17FN2O2/c1-8-6-15-7-10(8)13(17)16-9-3-4-11(14)12(5-9)18-2/h3-5,8,10,15H,6-7H2,1-2H3,(H,16,17). The fraction of sp³-hybridized carbons (Fsp3) is 0.462. The Morgan fingerprint density at radius 1 is 1.50 bits per heavy atom. The van der Waals surface area contributed by atoms with Crippen molar-refractivity contribution < 1.29 is 13.9 Å². The van der Waals surface area contributed by atoms with Gasteiger partial charge in [-0.05, 0) is 24.6 Å². The molecule has 0 spiro atoms. The number of methoxy groups -OCH3 is 1. The first-order chi connectivity index (χ1) is 8.61. The number of anilines is 1. The second-order valence-corrected chi connectivity index (χ2v) is 4.58. The molecule has 0 saturated carbocycles. The molecule has 2 unspecified atom stereocenters. The van der Waals surface area contributed by atoms with E-state index < -0.39 is 5.82 Å². The van der Waals surface area contributed by atoms with Crippen LogP contribution in [0.4, 0.5) is 10.1 Å². The maximum atomic E-state index is 13.2. The zero-order valence-corrected chi connectivity index (χ0v) is 10.5. The van der Waals surface area contributed by atoms with Crippen LogP contribution in [0.1, 0.15) is 6.92 Å². The highest BCUT2D eigenvalue weighted by molar-refractivity contribution is 5.93. The van der Waals surface area contributed by atoms with E-state index in [1.807, 2.05) is 6.92 Å². The van der Waals surface area contributed by atoms with Gasteiger partial charge in [0.2, 0.25) is 5.91 Å². The second-order valence-electron chi connectivity index (χ2n) is 4.58. The highest BCUT2D eigenvalue weighted by Crippen LogP contribution is 2.23. The number of benzene rings is 1. The van der Waals surface area contributed by atoms with E-state index in [1.165, 1.54) is 25.3 Å². The topological polar surface area (TPSA) is 50.4 Å². The molecule has 1 heterocycles. The summed E-state index contributed by atoms with van der Waals surface area (Å²) in [6.45, 7) is 3.58. The van der Waals surface area contributed by atoms with Crippen LogP contribution in [0.3, 0.4) is 0 Å². The predicted molar refractivity (Wildman–Crippen MR) is 67.1 cm³/mol. The zero-order valence-electron chi connectivity index (χ0n) is 10.5. The Bertz CT molecular complexity index is 451. The molecule has 1 aromatic rings. The Hall–Kier alpha value is -1.62. The Kier molecular flexibility index (Phi) is 3.81. The molecule has 4 nitrogen and oxygen atoms in total. The molecular formula is C13H17FN2O2. The number of hydrogen-bond acceptors (Lipinski definition) is 3. The second kappa shape index (κ2) is 5.35. The van der Waals surface area contributed by atoms with E-state index in [2.05, 4.69) is 10.6 Å². The third-order valence-electron chi connectivity index (χ3n) is 3.27. The van der Waals surface area contributed by atoms with Gasteiger partial charge < -0.3 is 15.4 Å². The first kappa shape index (κ1) is 12.8. The summed E-state index contributed by atoms with van der Waals surface area (Å²) < 4.78 is 18.1. The number of hydrogen-bond donors (Lipinski definition) is 2. The van der Waals surface area contributed by atoms with E-state index in [4.69, 9.17) is 4.74 Å². The molecule has 2 rings (SSSR count). The molecule has 1 fully saturated rings. The third-order valence-corrected chi connectivity index (χ3v) is 3.27. The Morgan fingerprint density at radius 3 is 2.89 bits per heavy atom. The molecule has 1 aliphatic rings. The lowest BCUT2D eigenvalue weighted by molar-refractivity contribution is -0.120. The van der Waals surface area contributed by atoms with Gasteiger partial charge in [-0.25, -0.2) is 4.39 Å². The van der Waals surface area contributed by atoms with Gasteiger partial charge in [0.1, 0.15) is 0 Å². The van der Waals surface area contributed by atoms with Crippen LogP contribution in [-0.2, 0) is 4.79 Å². The minimum absolute atomic E-state index is 0.0406. The number of ether oxygens (including phenoxy) is 1. The smallest absolute Gasteiger partial charge is 0.229 e. The van der Waals surface area contributed by atoms with Crippen LogP contribution in [0.2, 0.25) is 0 Å². The lowest BCUT2D eigenvalue weighted by Gasteiger charge is -2.14. The summed E-state index contributed by atoms with van der Waals surface area (Å²) in [5.41, 5.74) is 0.553. The van der Waals surface area contributed by atoms with Gasteiger partial charge >= 0.3 is 0 Å². The summed E-state index contributed by atoms with van der Waals surface area (Å²) in [4.78, 5) is 12.0. The molecular weight excluding hydrogens is 235 g/mol. The van der Waals surface area contributed by atoms with Crippen molar-refractivity contribution in [2.75, 3.05) is 25.5 Å². The Morgan fingerprint density at radius 2 is 2.28 bits per heavy atom. The number of amides is 1. The minimum atomic E-state index is -0.439. The van der Waals surface area contributed by atoms with Crippen LogP contribution in [0.5, 0.6) is 5.75 Å². The Labute approximate surface area is 106 Å². The van der Waals surface area contributed by atoms with Crippen LogP contribution >= 0.6 is 0 Å². The van der Waals surface area contributed by atoms with Gasteiger partial charge in [0.05, 0.1) is 13.0 Å². The maximum absolute atomic E-state index is 13.2. The summed E-state index contributed by atoms with van der Waals surface area (Å²) in [5.74, 6) is -0.0775. The summed E-state index contributed by atoms with van der Waals surface area (Å²) in [6, 6.07) is 4.30. The van der Waals surface area contributed by atoms with Gasteiger partial charge in [-0.2, -0.15) is 0 Å². The molecule has 1 aromatic carbocycles. The summed E-state index contributed by atoms with van der Waals surface area (Å²) in [7, 11) is 1.40. The molecule has 1 amide bonds. The van der Waals surface area contributed by atoms with Crippen molar-refractivity contribution in [3.63, 3.8) is 0 Å². The Balaban J connectivity index is 2.07. The third kappa shape index (κ3) is 2.61. The van der Waals surface area contributed by atoms with Crippen LogP contribution in [0.25, 0.3) is 0 Å². The van der Waals surface area contributed by atoms with Crippen molar-refractivity contribution in [2.24, 2.45) is 11.8 Å². The summed E-state index contributed by atoms with van der Waals surface area (Å²) >= 11 is 0. The van der Waals surface area contributed by atoms with Crippen LogP contribution in [0.15, 0.2) is 18.2 Å². The number of halogens is 1. The molecule has 1 saturated heterocycles. The summed E-state index contributed by atoms with van der Waals surface area (Å²) in [5, 5.41) is 5.97. The molecule has 0 bridgehead atoms. The van der Waals surface area contributed by atoms with Crippen molar-refractivity contribution in [1.29, 1.82) is 0 Å². The van der Waals surface area contributed by atoms with Crippen molar-refractivity contribution in [3.05, 3.63) is 24.0 Å². The maximum Gasteiger partial charge on any atom is 0.229 e. The van der Waals surface area contributed by atoms with Gasteiger partial charge in [-0.3, -0.25) is 4.79 Å². The molecule has 0 aromatic heterocycles. The first-order valence-corrected chi connectivity index (χ1v) is 5.97. The van der Waals surface area contributed by atoms with Crippen molar-refractivity contribution in [3.8, 4) is 5.75 Å². The number of carbonyl (C=O) groups is 1. The normalized spacial score (nSPS) is 22.8. The van der Waals surface area contributed by atoms with Crippen molar-refractivity contribution in [1.82, 2.24) is 5.32 Å². The zero-order chi connectivity index (χ0) is 13.1.